The Morgan fingerprint density at radius 1 is 0.818 bits per heavy atom. The van der Waals surface area contributed by atoms with Crippen LogP contribution in [-0.2, 0) is 12.4 Å². The van der Waals surface area contributed by atoms with Crippen molar-refractivity contribution in [2.45, 2.75) is 85.0 Å². The predicted octanol–water partition coefficient (Wildman–Crippen LogP) is 10.0. The van der Waals surface area contributed by atoms with Crippen molar-refractivity contribution in [1.82, 2.24) is 24.5 Å². The standard InChI is InChI=1S/C16H8F6N3.3C4H9.C3H3IN2.Sn/c17-15(18,19)11-3-1-10(2-4-11)13-7-12(16(20,21)22)8-14(24-13)25-6-5-23-9-25;3*1-3-4-2;4-3-1-5-2-6-3;/h1-4,6-9H;3*1,3-4H2,2H3;1-2H,(H,5,6);. The third kappa shape index (κ3) is 10.2. The van der Waals surface area contributed by atoms with E-state index in [4.69, 9.17) is 4.98 Å². The number of benzene rings is 1. The molecule has 3 heterocycles. The van der Waals surface area contributed by atoms with Gasteiger partial charge in [-0.05, 0) is 22.6 Å². The van der Waals surface area contributed by atoms with Gasteiger partial charge >= 0.3 is 225 Å². The number of aromatic amines is 1. The molecule has 0 spiro atoms. The van der Waals surface area contributed by atoms with Gasteiger partial charge in [-0.25, -0.2) is 4.98 Å². The summed E-state index contributed by atoms with van der Waals surface area (Å²) in [6, 6.07) is 5.85. The first-order chi connectivity index (χ1) is 20.8. The van der Waals surface area contributed by atoms with Crippen LogP contribution in [0.1, 0.15) is 70.4 Å². The van der Waals surface area contributed by atoms with Crippen LogP contribution in [0, 0.1) is 3.70 Å². The van der Waals surface area contributed by atoms with E-state index >= 15 is 0 Å². The minimum Gasteiger partial charge on any atom is -0.340 e. The topological polar surface area (TPSA) is 59.4 Å². The first kappa shape index (κ1) is 36.4. The molecule has 0 atom stereocenters. The molecule has 4 rings (SSSR count). The number of H-pyrrole nitrogens is 1. The van der Waals surface area contributed by atoms with Gasteiger partial charge in [0, 0.05) is 0 Å². The number of rotatable bonds is 12. The third-order valence-corrected chi connectivity index (χ3v) is 23.2. The van der Waals surface area contributed by atoms with Gasteiger partial charge in [-0.1, -0.05) is 0 Å². The molecular formula is C31H38F6IN5Sn. The maximum atomic E-state index is 13.8. The van der Waals surface area contributed by atoms with E-state index in [-0.39, 0.29) is 17.1 Å². The molecule has 0 saturated heterocycles. The van der Waals surface area contributed by atoms with Crippen molar-refractivity contribution >= 4 is 44.7 Å². The van der Waals surface area contributed by atoms with Gasteiger partial charge in [0.05, 0.1) is 16.2 Å². The van der Waals surface area contributed by atoms with Crippen molar-refractivity contribution in [2.24, 2.45) is 0 Å². The van der Waals surface area contributed by atoms with E-state index in [0.717, 1.165) is 95.6 Å². The molecule has 0 aliphatic carbocycles. The van der Waals surface area contributed by atoms with E-state index in [0.29, 0.717) is 0 Å². The van der Waals surface area contributed by atoms with Crippen molar-refractivity contribution in [3.63, 3.8) is 0 Å². The fourth-order valence-electron chi connectivity index (χ4n) is 5.06. The maximum absolute atomic E-state index is 13.8. The molecule has 0 aliphatic rings. The van der Waals surface area contributed by atoms with E-state index in [1.54, 1.807) is 23.4 Å². The number of halogens is 7. The normalized spacial score (nSPS) is 12.2. The summed E-state index contributed by atoms with van der Waals surface area (Å²) in [5, 5.41) is 0. The summed E-state index contributed by atoms with van der Waals surface area (Å²) in [7, 11) is 0. The minimum atomic E-state index is -4.64. The van der Waals surface area contributed by atoms with Crippen LogP contribution >= 0.6 is 22.6 Å². The van der Waals surface area contributed by atoms with Crippen LogP contribution in [0.5, 0.6) is 0 Å². The average molecular weight is 840 g/mol. The predicted molar refractivity (Wildman–Crippen MR) is 173 cm³/mol. The monoisotopic (exact) mass is 841 g/mol. The van der Waals surface area contributed by atoms with Crippen LogP contribution in [0.25, 0.3) is 17.1 Å². The molecule has 13 heteroatoms. The third-order valence-electron chi connectivity index (χ3n) is 7.53. The van der Waals surface area contributed by atoms with Crippen LogP contribution in [0.15, 0.2) is 61.4 Å². The molecule has 0 aliphatic heterocycles. The summed E-state index contributed by atoms with van der Waals surface area (Å²) < 4.78 is 87.6. The first-order valence-electron chi connectivity index (χ1n) is 14.8. The molecule has 0 unspecified atom stereocenters. The SMILES string of the molecule is CCC[CH2][Sn]([CH2]CCC)([CH2]CCC)[c]1cn(-c2cc(C(F)(F)F)cc(-c3ccc(C(F)(F)F)cc3)n2)cn1.Ic1cnc[nH]1. The molecule has 1 N–H and O–H groups in total. The van der Waals surface area contributed by atoms with E-state index in [9.17, 15) is 26.3 Å². The number of aromatic nitrogens is 5. The zero-order valence-corrected chi connectivity index (χ0v) is 30.1. The number of nitrogens with zero attached hydrogens (tertiary/aromatic N) is 4. The number of alkyl halides is 6. The number of hydrogen-bond acceptors (Lipinski definition) is 3. The van der Waals surface area contributed by atoms with Gasteiger partial charge in [-0.15, -0.1) is 0 Å². The Kier molecular flexibility index (Phi) is 13.6. The Morgan fingerprint density at radius 2 is 1.39 bits per heavy atom. The summed E-state index contributed by atoms with van der Waals surface area (Å²) in [6.45, 7) is 6.51. The van der Waals surface area contributed by atoms with Gasteiger partial charge in [0.25, 0.3) is 0 Å². The Hall–Kier alpha value is -2.10. The Balaban J connectivity index is 0.000000785. The van der Waals surface area contributed by atoms with Crippen molar-refractivity contribution in [3.05, 3.63) is 76.3 Å². The molecule has 4 aromatic rings. The van der Waals surface area contributed by atoms with E-state index in [2.05, 4.69) is 58.3 Å². The molecule has 0 amide bonds. The quantitative estimate of drug-likeness (QED) is 0.0879. The minimum absolute atomic E-state index is 0.0449. The second-order valence-electron chi connectivity index (χ2n) is 10.8. The zero-order chi connectivity index (χ0) is 32.4. The summed E-state index contributed by atoms with van der Waals surface area (Å²) in [5.41, 5.74) is -1.65. The summed E-state index contributed by atoms with van der Waals surface area (Å²) in [4.78, 5) is 15.8. The summed E-state index contributed by atoms with van der Waals surface area (Å²) in [6.07, 6.45) is 4.28. The molecule has 1 aromatic carbocycles. The Morgan fingerprint density at radius 3 is 1.82 bits per heavy atom. The van der Waals surface area contributed by atoms with Gasteiger partial charge < -0.3 is 4.98 Å². The molecule has 3 aromatic heterocycles. The van der Waals surface area contributed by atoms with E-state index in [1.165, 1.54) is 0 Å². The average Bonchev–Trinajstić information content (AvgIpc) is 3.69. The van der Waals surface area contributed by atoms with Gasteiger partial charge in [0.2, 0.25) is 0 Å². The van der Waals surface area contributed by atoms with Gasteiger partial charge in [0.15, 0.2) is 0 Å². The Bertz CT molecular complexity index is 1400. The summed E-state index contributed by atoms with van der Waals surface area (Å²) in [5.74, 6) is 0.0511. The molecule has 0 saturated carbocycles. The number of pyridine rings is 1. The van der Waals surface area contributed by atoms with Gasteiger partial charge in [-0.3, -0.25) is 0 Å². The molecule has 0 fully saturated rings. The first-order valence-corrected chi connectivity index (χ1v) is 23.3. The molecule has 0 radical (unpaired) electrons. The molecule has 5 nitrogen and oxygen atoms in total. The largest absolute Gasteiger partial charge is 0.340 e. The van der Waals surface area contributed by atoms with Crippen molar-refractivity contribution < 1.29 is 26.3 Å². The van der Waals surface area contributed by atoms with Crippen molar-refractivity contribution in [2.75, 3.05) is 0 Å². The number of imidazole rings is 2. The number of hydrogen-bond donors (Lipinski definition) is 1. The van der Waals surface area contributed by atoms with E-state index in [1.807, 2.05) is 6.20 Å². The summed E-state index contributed by atoms with van der Waals surface area (Å²) >= 11 is -0.765. The molecule has 0 bridgehead atoms. The number of unbranched alkanes of at least 4 members (excludes halogenated alkanes) is 3. The maximum Gasteiger partial charge on any atom is 0.0968 e. The van der Waals surface area contributed by atoms with E-state index < -0.39 is 41.9 Å². The van der Waals surface area contributed by atoms with Crippen LogP contribution < -0.4 is 3.71 Å². The van der Waals surface area contributed by atoms with Crippen LogP contribution in [0.3, 0.4) is 0 Å². The smallest absolute Gasteiger partial charge is 0.0968 e. The van der Waals surface area contributed by atoms with Crippen LogP contribution in [0.4, 0.5) is 26.3 Å². The number of nitrogens with one attached hydrogen (secondary N) is 1. The van der Waals surface area contributed by atoms with Crippen LogP contribution in [-0.4, -0.2) is 42.9 Å². The second-order valence-corrected chi connectivity index (χ2v) is 25.0. The fourth-order valence-corrected chi connectivity index (χ4v) is 20.6. The van der Waals surface area contributed by atoms with Crippen molar-refractivity contribution in [3.8, 4) is 17.1 Å². The molecular weight excluding hydrogens is 802 g/mol. The van der Waals surface area contributed by atoms with Crippen molar-refractivity contribution in [1.29, 1.82) is 0 Å². The molecule has 240 valence electrons. The van der Waals surface area contributed by atoms with Gasteiger partial charge in [0.1, 0.15) is 0 Å². The van der Waals surface area contributed by atoms with Crippen LogP contribution in [0.2, 0.25) is 13.3 Å². The van der Waals surface area contributed by atoms with Gasteiger partial charge in [-0.2, -0.15) is 0 Å². The zero-order valence-electron chi connectivity index (χ0n) is 25.1. The second kappa shape index (κ2) is 16.5. The fraction of sp³-hybridized carbons (Fsp3) is 0.452. The Labute approximate surface area is 272 Å². The molecule has 44 heavy (non-hydrogen) atoms.